The monoisotopic (exact) mass is 408 g/mol. The third-order valence-electron chi connectivity index (χ3n) is 4.03. The fourth-order valence-corrected chi connectivity index (χ4v) is 3.92. The first kappa shape index (κ1) is 19.3. The molecule has 142 valence electrons. The predicted octanol–water partition coefficient (Wildman–Crippen LogP) is 2.27. The molecule has 7 nitrogen and oxygen atoms in total. The van der Waals surface area contributed by atoms with Crippen LogP contribution in [-0.2, 0) is 25.4 Å². The summed E-state index contributed by atoms with van der Waals surface area (Å²) in [5.41, 5.74) is 1.81. The van der Waals surface area contributed by atoms with Crippen molar-refractivity contribution in [2.24, 2.45) is 0 Å². The Balaban J connectivity index is 1.67. The van der Waals surface area contributed by atoms with E-state index in [0.717, 1.165) is 5.56 Å². The van der Waals surface area contributed by atoms with Crippen LogP contribution in [0.4, 0.5) is 5.69 Å². The molecule has 0 aromatic heterocycles. The van der Waals surface area contributed by atoms with Crippen molar-refractivity contribution in [2.45, 2.75) is 23.2 Å². The number of anilines is 1. The Morgan fingerprint density at radius 1 is 1.11 bits per heavy atom. The molecule has 2 aromatic carbocycles. The lowest BCUT2D eigenvalue weighted by Gasteiger charge is -2.11. The Hall–Kier alpha value is -2.42. The molecule has 0 bridgehead atoms. The maximum Gasteiger partial charge on any atom is 0.324 e. The molecular formula is C18H17ClN2O5S. The van der Waals surface area contributed by atoms with E-state index in [1.54, 1.807) is 24.3 Å². The molecule has 0 aliphatic carbocycles. The Labute approximate surface area is 161 Å². The molecule has 1 heterocycles. The summed E-state index contributed by atoms with van der Waals surface area (Å²) in [4.78, 5) is 23.7. The van der Waals surface area contributed by atoms with Crippen LogP contribution in [0, 0.1) is 0 Å². The Bertz CT molecular complexity index is 943. The number of cyclic esters (lactones) is 1. The van der Waals surface area contributed by atoms with Crippen molar-refractivity contribution < 1.29 is 22.7 Å². The summed E-state index contributed by atoms with van der Waals surface area (Å²) in [6, 6.07) is 11.6. The van der Waals surface area contributed by atoms with Gasteiger partial charge in [0.15, 0.2) is 0 Å². The van der Waals surface area contributed by atoms with Crippen molar-refractivity contribution >= 4 is 39.2 Å². The van der Waals surface area contributed by atoms with Gasteiger partial charge in [-0.25, -0.2) is 8.42 Å². The van der Waals surface area contributed by atoms with E-state index in [4.69, 9.17) is 16.3 Å². The molecule has 1 fully saturated rings. The molecule has 1 saturated heterocycles. The Morgan fingerprint density at radius 3 is 2.33 bits per heavy atom. The summed E-state index contributed by atoms with van der Waals surface area (Å²) in [5.74, 6) is -0.536. The number of benzene rings is 2. The molecule has 1 aliphatic heterocycles. The molecule has 1 atom stereocenters. The molecule has 0 radical (unpaired) electrons. The van der Waals surface area contributed by atoms with Crippen molar-refractivity contribution in [1.82, 2.24) is 4.72 Å². The summed E-state index contributed by atoms with van der Waals surface area (Å²) in [5, 5.41) is 2.69. The second-order valence-corrected chi connectivity index (χ2v) is 7.92. The van der Waals surface area contributed by atoms with Gasteiger partial charge in [-0.3, -0.25) is 9.59 Å². The van der Waals surface area contributed by atoms with Gasteiger partial charge in [0.05, 0.1) is 11.5 Å². The fourth-order valence-electron chi connectivity index (χ4n) is 2.52. The number of alkyl halides is 1. The maximum atomic E-state index is 12.3. The van der Waals surface area contributed by atoms with Crippen molar-refractivity contribution in [2.75, 3.05) is 11.9 Å². The van der Waals surface area contributed by atoms with Gasteiger partial charge in [0.2, 0.25) is 10.0 Å². The molecule has 1 unspecified atom stereocenters. The van der Waals surface area contributed by atoms with Gasteiger partial charge < -0.3 is 10.1 Å². The van der Waals surface area contributed by atoms with E-state index < -0.39 is 22.0 Å². The molecule has 0 saturated carbocycles. The van der Waals surface area contributed by atoms with E-state index in [2.05, 4.69) is 10.0 Å². The zero-order valence-electron chi connectivity index (χ0n) is 14.1. The zero-order valence-corrected chi connectivity index (χ0v) is 15.7. The average Bonchev–Trinajstić information content (AvgIpc) is 3.06. The van der Waals surface area contributed by atoms with Crippen LogP contribution in [0.3, 0.4) is 0 Å². The normalized spacial score (nSPS) is 16.8. The topological polar surface area (TPSA) is 102 Å². The van der Waals surface area contributed by atoms with Gasteiger partial charge >= 0.3 is 5.97 Å². The van der Waals surface area contributed by atoms with Crippen molar-refractivity contribution in [3.8, 4) is 0 Å². The lowest BCUT2D eigenvalue weighted by atomic mass is 10.1. The SMILES string of the molecule is O=C(Nc1ccc(S(=O)(=O)NC2CCOC2=O)cc1)c1ccc(CCl)cc1. The molecule has 2 aromatic rings. The number of hydrogen-bond acceptors (Lipinski definition) is 5. The third kappa shape index (κ3) is 4.65. The highest BCUT2D eigenvalue weighted by atomic mass is 35.5. The molecular weight excluding hydrogens is 392 g/mol. The number of hydrogen-bond donors (Lipinski definition) is 2. The van der Waals surface area contributed by atoms with Gasteiger partial charge in [-0.05, 0) is 42.0 Å². The smallest absolute Gasteiger partial charge is 0.324 e. The number of amides is 1. The largest absolute Gasteiger partial charge is 0.464 e. The van der Waals surface area contributed by atoms with Crippen LogP contribution in [0.1, 0.15) is 22.3 Å². The van der Waals surface area contributed by atoms with Crippen LogP contribution in [0.2, 0.25) is 0 Å². The third-order valence-corrected chi connectivity index (χ3v) is 5.82. The molecule has 1 aliphatic rings. The number of carbonyl (C=O) groups excluding carboxylic acids is 2. The number of nitrogens with one attached hydrogen (secondary N) is 2. The summed E-state index contributed by atoms with van der Waals surface area (Å²) in [7, 11) is -3.86. The van der Waals surface area contributed by atoms with Crippen LogP contribution in [-0.4, -0.2) is 32.9 Å². The van der Waals surface area contributed by atoms with Crippen LogP contribution >= 0.6 is 11.6 Å². The summed E-state index contributed by atoms with van der Waals surface area (Å²) >= 11 is 5.72. The number of carbonyl (C=O) groups is 2. The van der Waals surface area contributed by atoms with Gasteiger partial charge in [0, 0.05) is 23.6 Å². The minimum absolute atomic E-state index is 0.00772. The number of ether oxygens (including phenoxy) is 1. The molecule has 1 amide bonds. The van der Waals surface area contributed by atoms with E-state index in [1.165, 1.54) is 24.3 Å². The standard InChI is InChI=1S/C18H17ClN2O5S/c19-11-12-1-3-13(4-2-12)17(22)20-14-5-7-15(8-6-14)27(24,25)21-16-9-10-26-18(16)23/h1-8,16,21H,9-11H2,(H,20,22). The molecule has 27 heavy (non-hydrogen) atoms. The second-order valence-electron chi connectivity index (χ2n) is 5.94. The van der Waals surface area contributed by atoms with E-state index in [9.17, 15) is 18.0 Å². The van der Waals surface area contributed by atoms with E-state index in [0.29, 0.717) is 23.6 Å². The minimum Gasteiger partial charge on any atom is -0.464 e. The van der Waals surface area contributed by atoms with Gasteiger partial charge in [0.1, 0.15) is 6.04 Å². The van der Waals surface area contributed by atoms with E-state index >= 15 is 0 Å². The minimum atomic E-state index is -3.86. The Morgan fingerprint density at radius 2 is 1.78 bits per heavy atom. The number of rotatable bonds is 6. The van der Waals surface area contributed by atoms with Gasteiger partial charge in [-0.2, -0.15) is 4.72 Å². The molecule has 3 rings (SSSR count). The van der Waals surface area contributed by atoms with E-state index in [-0.39, 0.29) is 17.4 Å². The lowest BCUT2D eigenvalue weighted by molar-refractivity contribution is -0.139. The zero-order chi connectivity index (χ0) is 19.4. The highest BCUT2D eigenvalue weighted by Crippen LogP contribution is 2.17. The fraction of sp³-hybridized carbons (Fsp3) is 0.222. The predicted molar refractivity (Wildman–Crippen MR) is 100 cm³/mol. The second kappa shape index (κ2) is 8.08. The van der Waals surface area contributed by atoms with Crippen LogP contribution in [0.5, 0.6) is 0 Å². The number of halogens is 1. The van der Waals surface area contributed by atoms with Crippen LogP contribution in [0.25, 0.3) is 0 Å². The van der Waals surface area contributed by atoms with Crippen LogP contribution in [0.15, 0.2) is 53.4 Å². The highest BCUT2D eigenvalue weighted by molar-refractivity contribution is 7.89. The maximum absolute atomic E-state index is 12.3. The van der Waals surface area contributed by atoms with Crippen LogP contribution < -0.4 is 10.0 Å². The van der Waals surface area contributed by atoms with Crippen molar-refractivity contribution in [1.29, 1.82) is 0 Å². The lowest BCUT2D eigenvalue weighted by Crippen LogP contribution is -2.37. The first-order valence-electron chi connectivity index (χ1n) is 8.14. The van der Waals surface area contributed by atoms with Crippen molar-refractivity contribution in [3.05, 3.63) is 59.7 Å². The summed E-state index contributed by atoms with van der Waals surface area (Å²) < 4.78 is 31.7. The van der Waals surface area contributed by atoms with Gasteiger partial charge in [0.25, 0.3) is 5.91 Å². The summed E-state index contributed by atoms with van der Waals surface area (Å²) in [6.45, 7) is 0.197. The molecule has 2 N–H and O–H groups in total. The van der Waals surface area contributed by atoms with Gasteiger partial charge in [-0.15, -0.1) is 11.6 Å². The van der Waals surface area contributed by atoms with Crippen molar-refractivity contribution in [3.63, 3.8) is 0 Å². The summed E-state index contributed by atoms with van der Waals surface area (Å²) in [6.07, 6.45) is 0.300. The van der Waals surface area contributed by atoms with Gasteiger partial charge in [-0.1, -0.05) is 12.1 Å². The van der Waals surface area contributed by atoms with E-state index in [1.807, 2.05) is 0 Å². The molecule has 9 heteroatoms. The number of sulfonamides is 1. The average molecular weight is 409 g/mol. The Kier molecular flexibility index (Phi) is 5.79. The number of esters is 1. The first-order chi connectivity index (χ1) is 12.9. The first-order valence-corrected chi connectivity index (χ1v) is 10.2. The molecule has 0 spiro atoms. The quantitative estimate of drug-likeness (QED) is 0.564. The highest BCUT2D eigenvalue weighted by Gasteiger charge is 2.31.